The van der Waals surface area contributed by atoms with E-state index in [0.717, 1.165) is 18.0 Å². The summed E-state index contributed by atoms with van der Waals surface area (Å²) in [4.78, 5) is 11.1. The van der Waals surface area contributed by atoms with E-state index in [4.69, 9.17) is 14.0 Å². The molecule has 22 heavy (non-hydrogen) atoms. The van der Waals surface area contributed by atoms with Crippen molar-refractivity contribution in [2.24, 2.45) is 0 Å². The van der Waals surface area contributed by atoms with Gasteiger partial charge in [0.15, 0.2) is 0 Å². The second-order valence-electron chi connectivity index (χ2n) is 7.02. The van der Waals surface area contributed by atoms with Crippen LogP contribution in [0.15, 0.2) is 12.4 Å². The molecule has 6 nitrogen and oxygen atoms in total. The number of aromatic nitrogens is 2. The van der Waals surface area contributed by atoms with Crippen molar-refractivity contribution in [3.63, 3.8) is 0 Å². The van der Waals surface area contributed by atoms with Crippen molar-refractivity contribution in [1.82, 2.24) is 9.97 Å². The quantitative estimate of drug-likeness (QED) is 0.760. The lowest BCUT2D eigenvalue weighted by Gasteiger charge is -2.33. The predicted molar refractivity (Wildman–Crippen MR) is 85.4 cm³/mol. The summed E-state index contributed by atoms with van der Waals surface area (Å²) in [5.41, 5.74) is 0.146. The molecule has 2 aliphatic rings. The predicted octanol–water partition coefficient (Wildman–Crippen LogP) is 1.00. The van der Waals surface area contributed by atoms with Crippen LogP contribution in [0.2, 0.25) is 0 Å². The van der Waals surface area contributed by atoms with E-state index < -0.39 is 7.12 Å². The molecule has 1 aromatic heterocycles. The zero-order chi connectivity index (χ0) is 16.0. The zero-order valence-corrected chi connectivity index (χ0v) is 14.0. The van der Waals surface area contributed by atoms with Gasteiger partial charge in [-0.2, -0.15) is 0 Å². The van der Waals surface area contributed by atoms with E-state index in [1.54, 1.807) is 12.4 Å². The van der Waals surface area contributed by atoms with E-state index in [1.165, 1.54) is 0 Å². The van der Waals surface area contributed by atoms with Crippen molar-refractivity contribution in [2.45, 2.75) is 51.9 Å². The minimum Gasteiger partial charge on any atom is -0.399 e. The summed E-state index contributed by atoms with van der Waals surface area (Å²) in [5.74, 6) is 0.732. The van der Waals surface area contributed by atoms with E-state index in [-0.39, 0.29) is 17.2 Å². The lowest BCUT2D eigenvalue weighted by molar-refractivity contribution is 0.00578. The fourth-order valence-corrected chi connectivity index (χ4v) is 2.60. The Morgan fingerprint density at radius 3 is 2.27 bits per heavy atom. The first kappa shape index (κ1) is 15.7. The number of anilines is 1. The molecule has 1 aromatic rings. The Bertz CT molecular complexity index is 519. The summed E-state index contributed by atoms with van der Waals surface area (Å²) in [6.45, 7) is 12.5. The van der Waals surface area contributed by atoms with Crippen LogP contribution in [0.1, 0.15) is 34.6 Å². The maximum Gasteiger partial charge on any atom is 0.498 e. The minimum atomic E-state index is -0.416. The molecule has 0 aliphatic carbocycles. The Morgan fingerprint density at radius 2 is 1.73 bits per heavy atom. The third-order valence-electron chi connectivity index (χ3n) is 4.81. The standard InChI is InChI=1S/C15H24BN3O3/c1-11-10-20-7-6-19(11)13-17-8-12(9-18-13)16-21-14(2,3)15(4,5)22-16/h8-9,11H,6-7,10H2,1-5H3. The highest BCUT2D eigenvalue weighted by Gasteiger charge is 2.52. The van der Waals surface area contributed by atoms with Gasteiger partial charge < -0.3 is 18.9 Å². The van der Waals surface area contributed by atoms with Crippen LogP contribution < -0.4 is 10.4 Å². The molecule has 7 heteroatoms. The molecule has 0 saturated carbocycles. The largest absolute Gasteiger partial charge is 0.498 e. The van der Waals surface area contributed by atoms with Gasteiger partial charge in [0.05, 0.1) is 30.5 Å². The van der Waals surface area contributed by atoms with E-state index in [2.05, 4.69) is 21.8 Å². The fourth-order valence-electron chi connectivity index (χ4n) is 2.60. The maximum absolute atomic E-state index is 6.02. The van der Waals surface area contributed by atoms with Crippen LogP contribution in [-0.2, 0) is 14.0 Å². The van der Waals surface area contributed by atoms with Gasteiger partial charge in [0.25, 0.3) is 0 Å². The fraction of sp³-hybridized carbons (Fsp3) is 0.733. The highest BCUT2D eigenvalue weighted by Crippen LogP contribution is 2.36. The molecule has 2 aliphatic heterocycles. The number of hydrogen-bond donors (Lipinski definition) is 0. The normalized spacial score (nSPS) is 27.2. The van der Waals surface area contributed by atoms with Gasteiger partial charge in [-0.15, -0.1) is 0 Å². The van der Waals surface area contributed by atoms with Gasteiger partial charge in [0.1, 0.15) is 0 Å². The Labute approximate surface area is 132 Å². The molecule has 1 atom stereocenters. The molecule has 1 unspecified atom stereocenters. The minimum absolute atomic E-state index is 0.288. The van der Waals surface area contributed by atoms with Crippen LogP contribution in [-0.4, -0.2) is 54.1 Å². The van der Waals surface area contributed by atoms with Crippen LogP contribution >= 0.6 is 0 Å². The molecular weight excluding hydrogens is 281 g/mol. The van der Waals surface area contributed by atoms with Gasteiger partial charge in [-0.25, -0.2) is 9.97 Å². The first-order valence-corrected chi connectivity index (χ1v) is 7.82. The van der Waals surface area contributed by atoms with Crippen LogP contribution in [0, 0.1) is 0 Å². The van der Waals surface area contributed by atoms with E-state index in [0.29, 0.717) is 13.2 Å². The lowest BCUT2D eigenvalue weighted by atomic mass is 9.81. The monoisotopic (exact) mass is 305 g/mol. The van der Waals surface area contributed by atoms with Crippen molar-refractivity contribution in [2.75, 3.05) is 24.7 Å². The van der Waals surface area contributed by atoms with Crippen LogP contribution in [0.5, 0.6) is 0 Å². The Balaban J connectivity index is 1.75. The van der Waals surface area contributed by atoms with Crippen molar-refractivity contribution in [3.05, 3.63) is 12.4 Å². The number of nitrogens with zero attached hydrogens (tertiary/aromatic N) is 3. The smallest absolute Gasteiger partial charge is 0.399 e. The SMILES string of the molecule is CC1COCCN1c1ncc(B2OC(C)(C)C(C)(C)O2)cn1. The molecule has 0 amide bonds. The Morgan fingerprint density at radius 1 is 1.14 bits per heavy atom. The third-order valence-corrected chi connectivity index (χ3v) is 4.81. The average Bonchev–Trinajstić information content (AvgIpc) is 2.68. The second-order valence-corrected chi connectivity index (χ2v) is 7.02. The summed E-state index contributed by atoms with van der Waals surface area (Å²) in [7, 11) is -0.416. The molecular formula is C15H24BN3O3. The van der Waals surface area contributed by atoms with Gasteiger partial charge in [-0.1, -0.05) is 0 Å². The number of morpholine rings is 1. The molecule has 0 bridgehead atoms. The summed E-state index contributed by atoms with van der Waals surface area (Å²) < 4.78 is 17.5. The zero-order valence-electron chi connectivity index (χ0n) is 14.0. The molecule has 0 spiro atoms. The maximum atomic E-state index is 6.02. The number of hydrogen-bond acceptors (Lipinski definition) is 6. The van der Waals surface area contributed by atoms with Gasteiger partial charge in [-0.3, -0.25) is 0 Å². The summed E-state index contributed by atoms with van der Waals surface area (Å²) in [6, 6.07) is 0.288. The Kier molecular flexibility index (Phi) is 3.91. The summed E-state index contributed by atoms with van der Waals surface area (Å²) >= 11 is 0. The molecule has 0 aromatic carbocycles. The number of rotatable bonds is 2. The van der Waals surface area contributed by atoms with E-state index in [1.807, 2.05) is 27.7 Å². The second kappa shape index (κ2) is 5.47. The van der Waals surface area contributed by atoms with Gasteiger partial charge >= 0.3 is 7.12 Å². The number of ether oxygens (including phenoxy) is 1. The first-order valence-electron chi connectivity index (χ1n) is 7.82. The summed E-state index contributed by atoms with van der Waals surface area (Å²) in [6.07, 6.45) is 3.60. The van der Waals surface area contributed by atoms with E-state index >= 15 is 0 Å². The van der Waals surface area contributed by atoms with E-state index in [9.17, 15) is 0 Å². The molecule has 3 rings (SSSR count). The topological polar surface area (TPSA) is 56.7 Å². The highest BCUT2D eigenvalue weighted by molar-refractivity contribution is 6.61. The Hall–Kier alpha value is -1.18. The van der Waals surface area contributed by atoms with Crippen LogP contribution in [0.25, 0.3) is 0 Å². The van der Waals surface area contributed by atoms with Crippen molar-refractivity contribution in [1.29, 1.82) is 0 Å². The average molecular weight is 305 g/mol. The molecule has 0 N–H and O–H groups in total. The molecule has 2 saturated heterocycles. The van der Waals surface area contributed by atoms with Crippen molar-refractivity contribution in [3.8, 4) is 0 Å². The summed E-state index contributed by atoms with van der Waals surface area (Å²) in [5, 5.41) is 0. The van der Waals surface area contributed by atoms with Crippen molar-refractivity contribution >= 4 is 18.5 Å². The third kappa shape index (κ3) is 2.73. The highest BCUT2D eigenvalue weighted by atomic mass is 16.7. The van der Waals surface area contributed by atoms with Gasteiger partial charge in [0.2, 0.25) is 5.95 Å². The van der Waals surface area contributed by atoms with Gasteiger partial charge in [0, 0.05) is 24.4 Å². The van der Waals surface area contributed by atoms with Crippen LogP contribution in [0.4, 0.5) is 5.95 Å². The first-order chi connectivity index (χ1) is 10.3. The molecule has 120 valence electrons. The molecule has 2 fully saturated rings. The molecule has 0 radical (unpaired) electrons. The van der Waals surface area contributed by atoms with Crippen LogP contribution in [0.3, 0.4) is 0 Å². The lowest BCUT2D eigenvalue weighted by Crippen LogP contribution is -2.45. The van der Waals surface area contributed by atoms with Gasteiger partial charge in [-0.05, 0) is 34.6 Å². The van der Waals surface area contributed by atoms with Crippen molar-refractivity contribution < 1.29 is 14.0 Å². The molecule has 3 heterocycles.